The SMILES string of the molecule is CN=C/C(=C\N)CNCCN. The van der Waals surface area contributed by atoms with E-state index in [1.54, 1.807) is 13.3 Å². The van der Waals surface area contributed by atoms with Gasteiger partial charge in [0, 0.05) is 32.9 Å². The first-order valence-corrected chi connectivity index (χ1v) is 3.59. The van der Waals surface area contributed by atoms with Gasteiger partial charge in [0.15, 0.2) is 0 Å². The van der Waals surface area contributed by atoms with Crippen LogP contribution in [0.4, 0.5) is 0 Å². The molecule has 0 heterocycles. The second-order valence-electron chi connectivity index (χ2n) is 2.09. The molecule has 4 nitrogen and oxygen atoms in total. The molecule has 5 N–H and O–H groups in total. The molecule has 0 atom stereocenters. The zero-order valence-corrected chi connectivity index (χ0v) is 6.88. The summed E-state index contributed by atoms with van der Waals surface area (Å²) < 4.78 is 0. The van der Waals surface area contributed by atoms with Gasteiger partial charge in [0.25, 0.3) is 0 Å². The third-order valence-corrected chi connectivity index (χ3v) is 1.16. The van der Waals surface area contributed by atoms with Crippen LogP contribution in [0, 0.1) is 0 Å². The van der Waals surface area contributed by atoms with Crippen LogP contribution in [0.5, 0.6) is 0 Å². The summed E-state index contributed by atoms with van der Waals surface area (Å²) in [4.78, 5) is 3.84. The van der Waals surface area contributed by atoms with Crippen molar-refractivity contribution >= 4 is 6.21 Å². The van der Waals surface area contributed by atoms with Gasteiger partial charge in [0.1, 0.15) is 0 Å². The van der Waals surface area contributed by atoms with Gasteiger partial charge in [-0.25, -0.2) is 0 Å². The van der Waals surface area contributed by atoms with Crippen molar-refractivity contribution in [3.8, 4) is 0 Å². The predicted octanol–water partition coefficient (Wildman–Crippen LogP) is -0.922. The number of nitrogens with zero attached hydrogens (tertiary/aromatic N) is 1. The zero-order chi connectivity index (χ0) is 8.53. The summed E-state index contributed by atoms with van der Waals surface area (Å²) in [6.07, 6.45) is 3.26. The summed E-state index contributed by atoms with van der Waals surface area (Å²) in [6.45, 7) is 2.17. The highest BCUT2D eigenvalue weighted by molar-refractivity contribution is 5.78. The lowest BCUT2D eigenvalue weighted by Gasteiger charge is -2.01. The third-order valence-electron chi connectivity index (χ3n) is 1.16. The minimum Gasteiger partial charge on any atom is -0.404 e. The van der Waals surface area contributed by atoms with E-state index < -0.39 is 0 Å². The van der Waals surface area contributed by atoms with E-state index >= 15 is 0 Å². The highest BCUT2D eigenvalue weighted by Crippen LogP contribution is 1.82. The fourth-order valence-corrected chi connectivity index (χ4v) is 0.648. The van der Waals surface area contributed by atoms with Gasteiger partial charge in [-0.15, -0.1) is 0 Å². The van der Waals surface area contributed by atoms with Crippen LogP contribution in [-0.2, 0) is 0 Å². The largest absolute Gasteiger partial charge is 0.404 e. The summed E-state index contributed by atoms with van der Waals surface area (Å²) in [6, 6.07) is 0. The predicted molar refractivity (Wildman–Crippen MR) is 48.6 cm³/mol. The molecular weight excluding hydrogens is 140 g/mol. The number of rotatable bonds is 5. The van der Waals surface area contributed by atoms with Gasteiger partial charge in [-0.1, -0.05) is 0 Å². The number of nitrogens with one attached hydrogen (secondary N) is 1. The lowest BCUT2D eigenvalue weighted by Crippen LogP contribution is -2.25. The molecule has 0 radical (unpaired) electrons. The van der Waals surface area contributed by atoms with Gasteiger partial charge in [-0.05, 0) is 11.8 Å². The van der Waals surface area contributed by atoms with Crippen molar-refractivity contribution in [2.24, 2.45) is 16.5 Å². The molecule has 0 unspecified atom stereocenters. The molecule has 0 spiro atoms. The van der Waals surface area contributed by atoms with Crippen LogP contribution in [0.15, 0.2) is 16.8 Å². The lowest BCUT2D eigenvalue weighted by molar-refractivity contribution is 0.746. The average Bonchev–Trinajstić information content (AvgIpc) is 2.03. The summed E-state index contributed by atoms with van der Waals surface area (Å²) in [7, 11) is 1.71. The Morgan fingerprint density at radius 1 is 1.64 bits per heavy atom. The molecule has 64 valence electrons. The Labute approximate surface area is 67.4 Å². The quantitative estimate of drug-likeness (QED) is 0.356. The van der Waals surface area contributed by atoms with Crippen molar-refractivity contribution < 1.29 is 0 Å². The smallest absolute Gasteiger partial charge is 0.0277 e. The first-order valence-electron chi connectivity index (χ1n) is 3.59. The molecule has 0 saturated heterocycles. The first-order chi connectivity index (χ1) is 5.35. The van der Waals surface area contributed by atoms with Crippen LogP contribution in [0.1, 0.15) is 0 Å². The fourth-order valence-electron chi connectivity index (χ4n) is 0.648. The molecule has 4 heteroatoms. The standard InChI is InChI=1S/C7H16N4/c1-10-5-7(4-9)6-11-3-2-8/h4-5,11H,2-3,6,8-9H2,1H3/b7-4+,10-5?. The molecule has 0 fully saturated rings. The second kappa shape index (κ2) is 7.24. The van der Waals surface area contributed by atoms with Gasteiger partial charge in [0.2, 0.25) is 0 Å². The molecule has 0 aliphatic heterocycles. The lowest BCUT2D eigenvalue weighted by atomic mass is 10.3. The maximum absolute atomic E-state index is 5.32. The Morgan fingerprint density at radius 3 is 2.82 bits per heavy atom. The Morgan fingerprint density at radius 2 is 2.36 bits per heavy atom. The summed E-state index contributed by atoms with van der Waals surface area (Å²) >= 11 is 0. The minimum absolute atomic E-state index is 0.640. The third kappa shape index (κ3) is 5.57. The van der Waals surface area contributed by atoms with Crippen LogP contribution in [0.25, 0.3) is 0 Å². The van der Waals surface area contributed by atoms with Crippen LogP contribution in [-0.4, -0.2) is 32.9 Å². The number of aliphatic imine (C=N–C) groups is 1. The topological polar surface area (TPSA) is 76.4 Å². The van der Waals surface area contributed by atoms with E-state index in [0.717, 1.165) is 18.7 Å². The molecule has 0 rings (SSSR count). The van der Waals surface area contributed by atoms with Gasteiger partial charge in [-0.3, -0.25) is 4.99 Å². The van der Waals surface area contributed by atoms with E-state index in [1.165, 1.54) is 6.20 Å². The minimum atomic E-state index is 0.640. The van der Waals surface area contributed by atoms with Crippen LogP contribution in [0.3, 0.4) is 0 Å². The number of hydrogen-bond acceptors (Lipinski definition) is 4. The summed E-state index contributed by atoms with van der Waals surface area (Å²) in [5, 5.41) is 3.11. The monoisotopic (exact) mass is 156 g/mol. The Hall–Kier alpha value is -0.870. The van der Waals surface area contributed by atoms with Crippen molar-refractivity contribution in [3.63, 3.8) is 0 Å². The van der Waals surface area contributed by atoms with E-state index in [0.29, 0.717) is 6.54 Å². The maximum atomic E-state index is 5.32. The molecule has 0 amide bonds. The Kier molecular flexibility index (Phi) is 6.67. The summed E-state index contributed by atoms with van der Waals surface area (Å²) in [5.41, 5.74) is 11.6. The Balaban J connectivity index is 3.54. The van der Waals surface area contributed by atoms with Crippen molar-refractivity contribution in [2.75, 3.05) is 26.7 Å². The van der Waals surface area contributed by atoms with E-state index in [2.05, 4.69) is 10.3 Å². The summed E-state index contributed by atoms with van der Waals surface area (Å²) in [5.74, 6) is 0. The highest BCUT2D eigenvalue weighted by Gasteiger charge is 1.89. The molecule has 11 heavy (non-hydrogen) atoms. The average molecular weight is 156 g/mol. The molecule has 0 bridgehead atoms. The first kappa shape index (κ1) is 10.1. The Bertz CT molecular complexity index is 139. The fraction of sp³-hybridized carbons (Fsp3) is 0.571. The van der Waals surface area contributed by atoms with Gasteiger partial charge >= 0.3 is 0 Å². The van der Waals surface area contributed by atoms with E-state index in [4.69, 9.17) is 11.5 Å². The van der Waals surface area contributed by atoms with Crippen molar-refractivity contribution in [2.45, 2.75) is 0 Å². The maximum Gasteiger partial charge on any atom is 0.0277 e. The molecule has 0 saturated carbocycles. The van der Waals surface area contributed by atoms with E-state index in [9.17, 15) is 0 Å². The van der Waals surface area contributed by atoms with Crippen LogP contribution >= 0.6 is 0 Å². The molecular formula is C7H16N4. The van der Waals surface area contributed by atoms with E-state index in [1.807, 2.05) is 0 Å². The molecule has 0 aromatic rings. The number of hydrogen-bond donors (Lipinski definition) is 3. The highest BCUT2D eigenvalue weighted by atomic mass is 14.9. The van der Waals surface area contributed by atoms with Crippen molar-refractivity contribution in [1.29, 1.82) is 0 Å². The molecule has 0 aliphatic rings. The molecule has 0 aromatic carbocycles. The van der Waals surface area contributed by atoms with Gasteiger partial charge < -0.3 is 16.8 Å². The number of nitrogens with two attached hydrogens (primary N) is 2. The van der Waals surface area contributed by atoms with Gasteiger partial charge in [-0.2, -0.15) is 0 Å². The van der Waals surface area contributed by atoms with Crippen LogP contribution in [0.2, 0.25) is 0 Å². The van der Waals surface area contributed by atoms with Gasteiger partial charge in [0.05, 0.1) is 0 Å². The second-order valence-corrected chi connectivity index (χ2v) is 2.09. The van der Waals surface area contributed by atoms with Crippen molar-refractivity contribution in [1.82, 2.24) is 5.32 Å². The zero-order valence-electron chi connectivity index (χ0n) is 6.88. The van der Waals surface area contributed by atoms with E-state index in [-0.39, 0.29) is 0 Å². The normalized spacial score (nSPS) is 12.7. The van der Waals surface area contributed by atoms with Crippen molar-refractivity contribution in [3.05, 3.63) is 11.8 Å². The van der Waals surface area contributed by atoms with Crippen LogP contribution < -0.4 is 16.8 Å². The molecule has 0 aliphatic carbocycles. The molecule has 0 aromatic heterocycles.